The highest BCUT2D eigenvalue weighted by Gasteiger charge is 2.20. The Morgan fingerprint density at radius 2 is 0.885 bits per heavy atom. The predicted molar refractivity (Wildman–Crippen MR) is 262 cm³/mol. The summed E-state index contributed by atoms with van der Waals surface area (Å²) in [6, 6.07) is 0. The molecule has 0 spiro atoms. The molecule has 2 N–H and O–H groups in total. The highest BCUT2D eigenvalue weighted by atomic mass is 16.5. The summed E-state index contributed by atoms with van der Waals surface area (Å²) in [5.74, 6) is 0.0645. The number of rotatable bonds is 45. The Kier molecular flexibility index (Phi) is 42.4. The summed E-state index contributed by atoms with van der Waals surface area (Å²) in [4.78, 5) is 51.5. The lowest BCUT2D eigenvalue weighted by Gasteiger charge is -2.23. The van der Waals surface area contributed by atoms with Crippen molar-refractivity contribution in [2.45, 2.75) is 247 Å². The molecule has 0 heterocycles. The van der Waals surface area contributed by atoms with Crippen LogP contribution in [0.2, 0.25) is 0 Å². The third kappa shape index (κ3) is 32.9. The minimum absolute atomic E-state index is 0.0422. The van der Waals surface area contributed by atoms with E-state index in [9.17, 15) is 19.2 Å². The first-order valence-electron chi connectivity index (χ1n) is 26.2. The molecule has 0 saturated carbocycles. The zero-order chi connectivity index (χ0) is 45.0. The number of hydrogen-bond acceptors (Lipinski definition) is 9. The minimum atomic E-state index is -0.439. The lowest BCUT2D eigenvalue weighted by atomic mass is 9.94. The van der Waals surface area contributed by atoms with Gasteiger partial charge in [-0.1, -0.05) is 189 Å². The second kappa shape index (κ2) is 44.2. The third-order valence-electron chi connectivity index (χ3n) is 12.0. The quantitative estimate of drug-likeness (QED) is 0.0376. The maximum absolute atomic E-state index is 13.1. The van der Waals surface area contributed by atoms with Gasteiger partial charge in [-0.2, -0.15) is 0 Å². The summed E-state index contributed by atoms with van der Waals surface area (Å²) in [7, 11) is 1.67. The lowest BCUT2D eigenvalue weighted by molar-refractivity contribution is -0.149. The van der Waals surface area contributed by atoms with Crippen molar-refractivity contribution in [1.29, 1.82) is 0 Å². The van der Waals surface area contributed by atoms with Crippen molar-refractivity contribution in [2.24, 2.45) is 5.92 Å². The summed E-state index contributed by atoms with van der Waals surface area (Å²) in [6.07, 6.45) is 37.8. The van der Waals surface area contributed by atoms with Crippen LogP contribution in [0, 0.1) is 5.92 Å². The Morgan fingerprint density at radius 3 is 1.38 bits per heavy atom. The van der Waals surface area contributed by atoms with Crippen molar-refractivity contribution in [2.75, 3.05) is 57.1 Å². The highest BCUT2D eigenvalue weighted by Crippen LogP contribution is 2.21. The first kappa shape index (κ1) is 58.6. The predicted octanol–water partition coefficient (Wildman–Crippen LogP) is 13.7. The van der Waals surface area contributed by atoms with Crippen LogP contribution in [0.15, 0.2) is 9.59 Å². The molecule has 1 aromatic carbocycles. The Labute approximate surface area is 376 Å². The number of nitrogens with one attached hydrogen (secondary N) is 2. The molecule has 9 heteroatoms. The zero-order valence-corrected chi connectivity index (χ0v) is 41.1. The maximum atomic E-state index is 13.1. The Morgan fingerprint density at radius 1 is 0.492 bits per heavy atom. The second-order valence-electron chi connectivity index (χ2n) is 17.4. The fraction of sp³-hybridized carbons (Fsp3) is 0.885. The average Bonchev–Trinajstić information content (AvgIpc) is 3.27. The van der Waals surface area contributed by atoms with Crippen LogP contribution in [0.5, 0.6) is 0 Å². The first-order chi connectivity index (χ1) is 29.9. The molecule has 61 heavy (non-hydrogen) atoms. The number of hydrogen-bond donors (Lipinski definition) is 2. The summed E-state index contributed by atoms with van der Waals surface area (Å²) >= 11 is 0. The molecule has 0 aromatic heterocycles. The first-order valence-corrected chi connectivity index (χ1v) is 26.2. The van der Waals surface area contributed by atoms with Crippen LogP contribution in [-0.2, 0) is 19.1 Å². The van der Waals surface area contributed by atoms with Crippen molar-refractivity contribution in [1.82, 2.24) is 4.90 Å². The van der Waals surface area contributed by atoms with E-state index in [1.807, 2.05) is 13.8 Å². The van der Waals surface area contributed by atoms with Gasteiger partial charge in [0, 0.05) is 20.0 Å². The Hall–Kier alpha value is -2.42. The summed E-state index contributed by atoms with van der Waals surface area (Å²) in [5.41, 5.74) is -0.0540. The molecule has 0 amide bonds. The minimum Gasteiger partial charge on any atom is -0.466 e. The van der Waals surface area contributed by atoms with Crippen LogP contribution in [0.3, 0.4) is 0 Å². The molecule has 0 aliphatic carbocycles. The van der Waals surface area contributed by atoms with Gasteiger partial charge in [0.15, 0.2) is 0 Å². The Balaban J connectivity index is 0.0000177. The number of nitrogens with zero attached hydrogens (tertiary/aromatic N) is 1. The average molecular weight is 862 g/mol. The molecule has 1 aromatic rings. The van der Waals surface area contributed by atoms with Crippen molar-refractivity contribution in [3.8, 4) is 0 Å². The van der Waals surface area contributed by atoms with Crippen molar-refractivity contribution < 1.29 is 19.1 Å². The fourth-order valence-electron chi connectivity index (χ4n) is 8.08. The van der Waals surface area contributed by atoms with E-state index in [2.05, 4.69) is 36.3 Å². The van der Waals surface area contributed by atoms with Crippen LogP contribution in [0.1, 0.15) is 247 Å². The number of carbonyl (C=O) groups is 2. The van der Waals surface area contributed by atoms with Crippen molar-refractivity contribution >= 4 is 23.3 Å². The lowest BCUT2D eigenvalue weighted by Crippen LogP contribution is -2.37. The molecule has 0 saturated heterocycles. The number of unbranched alkanes of at least 4 members (excludes halogenated alkanes) is 24. The van der Waals surface area contributed by atoms with Crippen LogP contribution < -0.4 is 21.5 Å². The Bertz CT molecular complexity index is 1180. The molecular weight excluding hydrogens is 763 g/mol. The van der Waals surface area contributed by atoms with E-state index < -0.39 is 10.9 Å². The van der Waals surface area contributed by atoms with Gasteiger partial charge in [0.05, 0.1) is 19.1 Å². The van der Waals surface area contributed by atoms with Crippen LogP contribution in [0.4, 0.5) is 11.4 Å². The zero-order valence-electron chi connectivity index (χ0n) is 41.1. The highest BCUT2D eigenvalue weighted by molar-refractivity contribution is 5.73. The summed E-state index contributed by atoms with van der Waals surface area (Å²) in [5, 5.41) is 6.01. The second-order valence-corrected chi connectivity index (χ2v) is 17.4. The SMILES string of the molecule is CC.CCCCCCCCCOC(=O)CCCCCCCN(CCCCCCCOC(=O)C(CCCCCCCC)CCCCCCCC)CCCNc1c(NC)c(=O)c1=O. The molecule has 0 fully saturated rings. The van der Waals surface area contributed by atoms with Gasteiger partial charge in [-0.15, -0.1) is 0 Å². The van der Waals surface area contributed by atoms with Gasteiger partial charge in [-0.05, 0) is 71.0 Å². The van der Waals surface area contributed by atoms with Gasteiger partial charge in [0.2, 0.25) is 0 Å². The molecular formula is C52H99N3O6. The molecule has 9 nitrogen and oxygen atoms in total. The monoisotopic (exact) mass is 862 g/mol. The smallest absolute Gasteiger partial charge is 0.308 e. The van der Waals surface area contributed by atoms with Crippen LogP contribution >= 0.6 is 0 Å². The van der Waals surface area contributed by atoms with E-state index in [-0.39, 0.29) is 17.9 Å². The van der Waals surface area contributed by atoms with Gasteiger partial charge in [0.25, 0.3) is 10.9 Å². The van der Waals surface area contributed by atoms with Crippen molar-refractivity contribution in [3.05, 3.63) is 20.4 Å². The van der Waals surface area contributed by atoms with E-state index in [0.29, 0.717) is 37.6 Å². The topological polar surface area (TPSA) is 114 Å². The van der Waals surface area contributed by atoms with Gasteiger partial charge in [-0.3, -0.25) is 19.2 Å². The normalized spacial score (nSPS) is 11.3. The van der Waals surface area contributed by atoms with Crippen LogP contribution in [0.25, 0.3) is 0 Å². The molecule has 0 unspecified atom stereocenters. The standard InChI is InChI=1S/C50H93N3O6.C2H6/c1-5-8-11-14-17-25-32-42-58-45(54)37-29-22-18-23-30-39-53(41-34-38-52-47-46(51-4)48(55)49(47)56)40-31-24-19-26-33-43-59-50(57)44(35-27-20-15-12-9-6-2)36-28-21-16-13-10-7-3;1-2/h44,51-52H,5-43H2,1-4H3;1-2H3. The van der Waals surface area contributed by atoms with E-state index in [4.69, 9.17) is 9.47 Å². The fourth-order valence-corrected chi connectivity index (χ4v) is 8.08. The molecule has 0 atom stereocenters. The van der Waals surface area contributed by atoms with E-state index >= 15 is 0 Å². The molecule has 1 rings (SSSR count). The van der Waals surface area contributed by atoms with Gasteiger partial charge < -0.3 is 25.0 Å². The molecule has 0 bridgehead atoms. The van der Waals surface area contributed by atoms with Crippen molar-refractivity contribution in [3.63, 3.8) is 0 Å². The van der Waals surface area contributed by atoms with E-state index in [1.165, 1.54) is 96.3 Å². The molecule has 0 aliphatic heterocycles. The van der Waals surface area contributed by atoms with Crippen LogP contribution in [-0.4, -0.2) is 63.3 Å². The van der Waals surface area contributed by atoms with Gasteiger partial charge in [0.1, 0.15) is 11.4 Å². The number of esters is 2. The number of ether oxygens (including phenoxy) is 2. The largest absolute Gasteiger partial charge is 0.466 e. The molecule has 358 valence electrons. The van der Waals surface area contributed by atoms with Gasteiger partial charge >= 0.3 is 11.9 Å². The summed E-state index contributed by atoms with van der Waals surface area (Å²) < 4.78 is 11.3. The maximum Gasteiger partial charge on any atom is 0.308 e. The third-order valence-corrected chi connectivity index (χ3v) is 12.0. The van der Waals surface area contributed by atoms with Gasteiger partial charge in [-0.25, -0.2) is 0 Å². The van der Waals surface area contributed by atoms with E-state index in [0.717, 1.165) is 129 Å². The molecule has 0 radical (unpaired) electrons. The summed E-state index contributed by atoms with van der Waals surface area (Å²) in [6.45, 7) is 15.5. The number of anilines is 2. The number of carbonyl (C=O) groups excluding carboxylic acids is 2. The van der Waals surface area contributed by atoms with E-state index in [1.54, 1.807) is 7.05 Å². The molecule has 0 aliphatic rings.